The van der Waals surface area contributed by atoms with Gasteiger partial charge in [-0.15, -0.1) is 0 Å². The van der Waals surface area contributed by atoms with Crippen molar-refractivity contribution in [3.8, 4) is 0 Å². The molecule has 1 saturated heterocycles. The Morgan fingerprint density at radius 2 is 2.07 bits per heavy atom. The van der Waals surface area contributed by atoms with Gasteiger partial charge in [-0.3, -0.25) is 0 Å². The van der Waals surface area contributed by atoms with E-state index in [1.165, 1.54) is 52.1 Å². The van der Waals surface area contributed by atoms with Crippen molar-refractivity contribution in [1.82, 2.24) is 15.1 Å². The normalized spacial score (nSPS) is 23.6. The molecule has 1 rings (SSSR count). The van der Waals surface area contributed by atoms with Crippen molar-refractivity contribution in [1.29, 1.82) is 0 Å². The van der Waals surface area contributed by atoms with Crippen molar-refractivity contribution in [3.63, 3.8) is 0 Å². The molecular weight excluding hydrogens is 186 g/mol. The summed E-state index contributed by atoms with van der Waals surface area (Å²) in [4.78, 5) is 5.10. The third kappa shape index (κ3) is 4.49. The standard InChI is InChI=1S/C12H27N3/c1-4-14(5-2)9-10-15-8-6-7-12(11-15)13-3/h12-13H,4-11H2,1-3H3. The number of nitrogens with one attached hydrogen (secondary N) is 1. The van der Waals surface area contributed by atoms with Crippen LogP contribution >= 0.6 is 0 Å². The molecule has 0 aliphatic carbocycles. The summed E-state index contributed by atoms with van der Waals surface area (Å²) in [5.41, 5.74) is 0. The summed E-state index contributed by atoms with van der Waals surface area (Å²) in [7, 11) is 2.08. The first-order chi connectivity index (χ1) is 7.30. The Balaban J connectivity index is 2.20. The lowest BCUT2D eigenvalue weighted by Crippen LogP contribution is -2.46. The predicted molar refractivity (Wildman–Crippen MR) is 66.3 cm³/mol. The molecule has 1 aliphatic heterocycles. The van der Waals surface area contributed by atoms with E-state index >= 15 is 0 Å². The Morgan fingerprint density at radius 1 is 1.33 bits per heavy atom. The second kappa shape index (κ2) is 7.20. The maximum atomic E-state index is 3.39. The average molecular weight is 213 g/mol. The van der Waals surface area contributed by atoms with Gasteiger partial charge >= 0.3 is 0 Å². The summed E-state index contributed by atoms with van der Waals surface area (Å²) >= 11 is 0. The number of piperidine rings is 1. The number of hydrogen-bond acceptors (Lipinski definition) is 3. The molecule has 3 heteroatoms. The molecule has 0 amide bonds. The van der Waals surface area contributed by atoms with Crippen LogP contribution in [0.4, 0.5) is 0 Å². The van der Waals surface area contributed by atoms with E-state index in [1.54, 1.807) is 0 Å². The fourth-order valence-electron chi connectivity index (χ4n) is 2.32. The Morgan fingerprint density at radius 3 is 2.67 bits per heavy atom. The molecule has 1 aliphatic rings. The van der Waals surface area contributed by atoms with Crippen molar-refractivity contribution in [2.45, 2.75) is 32.7 Å². The van der Waals surface area contributed by atoms with Crippen molar-refractivity contribution in [3.05, 3.63) is 0 Å². The maximum Gasteiger partial charge on any atom is 0.0192 e. The third-order valence-corrected chi connectivity index (χ3v) is 3.54. The van der Waals surface area contributed by atoms with Gasteiger partial charge in [0.25, 0.3) is 0 Å². The van der Waals surface area contributed by atoms with Crippen LogP contribution in [-0.2, 0) is 0 Å². The average Bonchev–Trinajstić information content (AvgIpc) is 2.31. The van der Waals surface area contributed by atoms with Crippen LogP contribution in [0.5, 0.6) is 0 Å². The van der Waals surface area contributed by atoms with E-state index in [-0.39, 0.29) is 0 Å². The molecule has 0 radical (unpaired) electrons. The molecular formula is C12H27N3. The number of hydrogen-bond donors (Lipinski definition) is 1. The van der Waals surface area contributed by atoms with Gasteiger partial charge in [-0.2, -0.15) is 0 Å². The lowest BCUT2D eigenvalue weighted by atomic mass is 10.1. The minimum Gasteiger partial charge on any atom is -0.316 e. The summed E-state index contributed by atoms with van der Waals surface area (Å²) in [5.74, 6) is 0. The maximum absolute atomic E-state index is 3.39. The van der Waals surface area contributed by atoms with Crippen LogP contribution in [0.25, 0.3) is 0 Å². The van der Waals surface area contributed by atoms with Crippen LogP contribution in [0, 0.1) is 0 Å². The summed E-state index contributed by atoms with van der Waals surface area (Å²) in [5, 5.41) is 3.39. The Labute approximate surface area is 94.8 Å². The van der Waals surface area contributed by atoms with Crippen LogP contribution in [0.3, 0.4) is 0 Å². The minimum atomic E-state index is 0.718. The highest BCUT2D eigenvalue weighted by Crippen LogP contribution is 2.09. The van der Waals surface area contributed by atoms with E-state index in [0.29, 0.717) is 0 Å². The quantitative estimate of drug-likeness (QED) is 0.710. The minimum absolute atomic E-state index is 0.718. The molecule has 1 N–H and O–H groups in total. The molecule has 0 bridgehead atoms. The molecule has 1 heterocycles. The summed E-state index contributed by atoms with van der Waals surface area (Å²) in [6.45, 7) is 11.8. The molecule has 0 aromatic heterocycles. The van der Waals surface area contributed by atoms with Gasteiger partial charge in [0.1, 0.15) is 0 Å². The fourth-order valence-corrected chi connectivity index (χ4v) is 2.32. The highest BCUT2D eigenvalue weighted by atomic mass is 15.2. The SMILES string of the molecule is CCN(CC)CCN1CCCC(NC)C1. The highest BCUT2D eigenvalue weighted by Gasteiger charge is 2.18. The van der Waals surface area contributed by atoms with Crippen molar-refractivity contribution in [2.24, 2.45) is 0 Å². The first-order valence-electron chi connectivity index (χ1n) is 6.42. The van der Waals surface area contributed by atoms with E-state index < -0.39 is 0 Å². The Kier molecular flexibility index (Phi) is 6.22. The monoisotopic (exact) mass is 213 g/mol. The summed E-state index contributed by atoms with van der Waals surface area (Å²) in [6, 6.07) is 0.718. The Hall–Kier alpha value is -0.120. The van der Waals surface area contributed by atoms with E-state index in [9.17, 15) is 0 Å². The van der Waals surface area contributed by atoms with Gasteiger partial charge < -0.3 is 15.1 Å². The second-order valence-corrected chi connectivity index (χ2v) is 4.46. The van der Waals surface area contributed by atoms with Gasteiger partial charge in [0.05, 0.1) is 0 Å². The van der Waals surface area contributed by atoms with Gasteiger partial charge in [-0.05, 0) is 39.5 Å². The van der Waals surface area contributed by atoms with Gasteiger partial charge in [-0.25, -0.2) is 0 Å². The largest absolute Gasteiger partial charge is 0.316 e. The molecule has 0 saturated carbocycles. The Bertz CT molecular complexity index is 157. The van der Waals surface area contributed by atoms with Gasteiger partial charge in [0.15, 0.2) is 0 Å². The molecule has 0 spiro atoms. The van der Waals surface area contributed by atoms with Crippen LogP contribution < -0.4 is 5.32 Å². The summed E-state index contributed by atoms with van der Waals surface area (Å²) in [6.07, 6.45) is 2.70. The number of rotatable bonds is 6. The summed E-state index contributed by atoms with van der Waals surface area (Å²) < 4.78 is 0. The zero-order valence-electron chi connectivity index (χ0n) is 10.6. The van der Waals surface area contributed by atoms with Crippen LogP contribution in [0.15, 0.2) is 0 Å². The van der Waals surface area contributed by atoms with Gasteiger partial charge in [0.2, 0.25) is 0 Å². The molecule has 3 nitrogen and oxygen atoms in total. The van der Waals surface area contributed by atoms with Crippen LogP contribution in [0.1, 0.15) is 26.7 Å². The zero-order valence-corrected chi connectivity index (χ0v) is 10.6. The molecule has 1 atom stereocenters. The van der Waals surface area contributed by atoms with E-state index in [2.05, 4.69) is 36.0 Å². The van der Waals surface area contributed by atoms with Gasteiger partial charge in [0, 0.05) is 25.7 Å². The molecule has 0 aromatic carbocycles. The molecule has 0 aromatic rings. The molecule has 1 fully saturated rings. The molecule has 15 heavy (non-hydrogen) atoms. The van der Waals surface area contributed by atoms with Crippen molar-refractivity contribution < 1.29 is 0 Å². The van der Waals surface area contributed by atoms with E-state index in [1.807, 2.05) is 0 Å². The van der Waals surface area contributed by atoms with Crippen molar-refractivity contribution >= 4 is 0 Å². The topological polar surface area (TPSA) is 18.5 Å². The lowest BCUT2D eigenvalue weighted by Gasteiger charge is -2.33. The third-order valence-electron chi connectivity index (χ3n) is 3.54. The predicted octanol–water partition coefficient (Wildman–Crippen LogP) is 1.01. The van der Waals surface area contributed by atoms with E-state index in [4.69, 9.17) is 0 Å². The number of likely N-dealkylation sites (N-methyl/N-ethyl adjacent to an activating group) is 2. The van der Waals surface area contributed by atoms with Gasteiger partial charge in [-0.1, -0.05) is 13.8 Å². The first-order valence-corrected chi connectivity index (χ1v) is 6.42. The van der Waals surface area contributed by atoms with Crippen molar-refractivity contribution in [2.75, 3.05) is 46.3 Å². The fraction of sp³-hybridized carbons (Fsp3) is 1.00. The molecule has 90 valence electrons. The smallest absolute Gasteiger partial charge is 0.0192 e. The first kappa shape index (κ1) is 12.9. The molecule has 1 unspecified atom stereocenters. The van der Waals surface area contributed by atoms with Crippen LogP contribution in [0.2, 0.25) is 0 Å². The number of nitrogens with zero attached hydrogens (tertiary/aromatic N) is 2. The highest BCUT2D eigenvalue weighted by molar-refractivity contribution is 4.77. The van der Waals surface area contributed by atoms with E-state index in [0.717, 1.165) is 6.04 Å². The lowest BCUT2D eigenvalue weighted by molar-refractivity contribution is 0.167. The zero-order chi connectivity index (χ0) is 11.1. The second-order valence-electron chi connectivity index (χ2n) is 4.46. The van der Waals surface area contributed by atoms with Crippen LogP contribution in [-0.4, -0.2) is 62.2 Å². The number of likely N-dealkylation sites (tertiary alicyclic amines) is 1.